The monoisotopic (exact) mass is 424 g/mol. The van der Waals surface area contributed by atoms with Crippen molar-refractivity contribution in [2.75, 3.05) is 0 Å². The Labute approximate surface area is 187 Å². The maximum Gasteiger partial charge on any atom is 0.289 e. The zero-order valence-corrected chi connectivity index (χ0v) is 18.0. The van der Waals surface area contributed by atoms with Gasteiger partial charge in [-0.15, -0.1) is 0 Å². The first-order chi connectivity index (χ1) is 15.6. The van der Waals surface area contributed by atoms with E-state index >= 15 is 0 Å². The first kappa shape index (κ1) is 21.1. The Bertz CT molecular complexity index is 1210. The maximum atomic E-state index is 12.3. The van der Waals surface area contributed by atoms with Crippen LogP contribution in [0.15, 0.2) is 84.0 Å². The minimum Gasteiger partial charge on any atom is -0.489 e. The molecule has 6 heteroatoms. The summed E-state index contributed by atoms with van der Waals surface area (Å²) in [5, 5.41) is 11.0. The Morgan fingerprint density at radius 3 is 2.31 bits per heavy atom. The van der Waals surface area contributed by atoms with Crippen LogP contribution in [-0.2, 0) is 6.61 Å². The van der Waals surface area contributed by atoms with E-state index in [1.165, 1.54) is 11.1 Å². The molecule has 0 radical (unpaired) electrons. The number of nitrogens with zero attached hydrogens (tertiary/aromatic N) is 2. The van der Waals surface area contributed by atoms with Crippen molar-refractivity contribution in [3.8, 4) is 17.0 Å². The number of rotatable bonds is 7. The Morgan fingerprint density at radius 2 is 1.62 bits per heavy atom. The van der Waals surface area contributed by atoms with Crippen LogP contribution in [0.4, 0.5) is 0 Å². The van der Waals surface area contributed by atoms with Gasteiger partial charge in [0.15, 0.2) is 0 Å². The van der Waals surface area contributed by atoms with E-state index in [0.29, 0.717) is 18.0 Å². The topological polar surface area (TPSA) is 79.4 Å². The number of carbonyl (C=O) groups is 1. The molecule has 160 valence electrons. The number of ether oxygens (including phenoxy) is 1. The molecule has 0 aliphatic heterocycles. The molecule has 1 amide bonds. The smallest absolute Gasteiger partial charge is 0.289 e. The maximum absolute atomic E-state index is 12.3. The van der Waals surface area contributed by atoms with Crippen molar-refractivity contribution in [3.05, 3.63) is 107 Å². The number of benzene rings is 3. The molecule has 1 aromatic heterocycles. The van der Waals surface area contributed by atoms with Crippen molar-refractivity contribution in [1.29, 1.82) is 0 Å². The van der Waals surface area contributed by atoms with Crippen LogP contribution < -0.4 is 10.2 Å². The average Bonchev–Trinajstić information content (AvgIpc) is 3.31. The molecule has 6 nitrogen and oxygen atoms in total. The van der Waals surface area contributed by atoms with Crippen molar-refractivity contribution >= 4 is 12.1 Å². The van der Waals surface area contributed by atoms with E-state index in [1.54, 1.807) is 12.3 Å². The Hall–Kier alpha value is -4.19. The van der Waals surface area contributed by atoms with Gasteiger partial charge in [-0.05, 0) is 55.3 Å². The number of hydrazone groups is 1. The second-order valence-corrected chi connectivity index (χ2v) is 7.58. The molecule has 0 saturated heterocycles. The Kier molecular flexibility index (Phi) is 6.41. The summed E-state index contributed by atoms with van der Waals surface area (Å²) in [6, 6.07) is 25.4. The molecule has 0 unspecified atom stereocenters. The number of aromatic nitrogens is 2. The van der Waals surface area contributed by atoms with Crippen LogP contribution in [0, 0.1) is 13.8 Å². The number of aryl methyl sites for hydroxylation is 2. The largest absolute Gasteiger partial charge is 0.489 e. The second kappa shape index (κ2) is 9.75. The minimum absolute atomic E-state index is 0.334. The van der Waals surface area contributed by atoms with Crippen molar-refractivity contribution in [2.45, 2.75) is 20.5 Å². The van der Waals surface area contributed by atoms with E-state index in [2.05, 4.69) is 51.9 Å². The summed E-state index contributed by atoms with van der Waals surface area (Å²) in [5.74, 6) is 0.415. The molecular formula is C26H24N4O2. The number of hydrogen-bond acceptors (Lipinski definition) is 4. The number of carbonyl (C=O) groups excluding carboxylic acids is 1. The van der Waals surface area contributed by atoms with E-state index in [-0.39, 0.29) is 5.91 Å². The highest BCUT2D eigenvalue weighted by Gasteiger charge is 2.10. The lowest BCUT2D eigenvalue weighted by Gasteiger charge is -2.07. The molecule has 32 heavy (non-hydrogen) atoms. The lowest BCUT2D eigenvalue weighted by atomic mass is 10.1. The van der Waals surface area contributed by atoms with Gasteiger partial charge in [0.2, 0.25) is 0 Å². The average molecular weight is 425 g/mol. The Morgan fingerprint density at radius 1 is 0.969 bits per heavy atom. The molecule has 3 aromatic carbocycles. The number of hydrogen-bond donors (Lipinski definition) is 2. The number of aromatic amines is 1. The number of H-pyrrole nitrogens is 1. The lowest BCUT2D eigenvalue weighted by Crippen LogP contribution is -2.17. The number of nitrogens with one attached hydrogen (secondary N) is 2. The van der Waals surface area contributed by atoms with Gasteiger partial charge in [-0.3, -0.25) is 9.89 Å². The van der Waals surface area contributed by atoms with Crippen LogP contribution in [0.3, 0.4) is 0 Å². The molecule has 4 rings (SSSR count). The van der Waals surface area contributed by atoms with Gasteiger partial charge in [0.1, 0.15) is 18.1 Å². The fourth-order valence-corrected chi connectivity index (χ4v) is 3.04. The first-order valence-electron chi connectivity index (χ1n) is 10.3. The summed E-state index contributed by atoms with van der Waals surface area (Å²) in [5.41, 5.74) is 8.82. The van der Waals surface area contributed by atoms with Gasteiger partial charge in [-0.1, -0.05) is 59.7 Å². The molecule has 0 aliphatic rings. The van der Waals surface area contributed by atoms with E-state index in [1.807, 2.05) is 55.5 Å². The highest BCUT2D eigenvalue weighted by molar-refractivity contribution is 5.94. The summed E-state index contributed by atoms with van der Waals surface area (Å²) >= 11 is 0. The summed E-state index contributed by atoms with van der Waals surface area (Å²) < 4.78 is 5.85. The summed E-state index contributed by atoms with van der Waals surface area (Å²) in [6.07, 6.45) is 1.60. The van der Waals surface area contributed by atoms with E-state index in [0.717, 1.165) is 22.4 Å². The van der Waals surface area contributed by atoms with Crippen LogP contribution in [0.25, 0.3) is 11.3 Å². The highest BCUT2D eigenvalue weighted by atomic mass is 16.5. The first-order valence-corrected chi connectivity index (χ1v) is 10.3. The van der Waals surface area contributed by atoms with Crippen LogP contribution in [0.2, 0.25) is 0 Å². The standard InChI is InChI=1S/C26H24N4O2/c1-18-3-7-20(8-4-18)16-27-30-26(31)25-15-24(28-29-25)22-11-13-23(14-12-22)32-17-21-9-5-19(2)6-10-21/h3-16H,17H2,1-2H3,(H,28,29)(H,30,31)/b27-16-. The molecule has 0 fully saturated rings. The molecule has 0 saturated carbocycles. The molecule has 1 heterocycles. The normalized spacial score (nSPS) is 10.9. The summed E-state index contributed by atoms with van der Waals surface area (Å²) in [7, 11) is 0. The zero-order valence-electron chi connectivity index (χ0n) is 18.0. The van der Waals surface area contributed by atoms with Crippen molar-refractivity contribution in [2.24, 2.45) is 5.10 Å². The zero-order chi connectivity index (χ0) is 22.3. The van der Waals surface area contributed by atoms with Crippen molar-refractivity contribution in [3.63, 3.8) is 0 Å². The van der Waals surface area contributed by atoms with Crippen LogP contribution in [0.5, 0.6) is 5.75 Å². The van der Waals surface area contributed by atoms with E-state index < -0.39 is 0 Å². The van der Waals surface area contributed by atoms with Gasteiger partial charge in [0.25, 0.3) is 5.91 Å². The van der Waals surface area contributed by atoms with Gasteiger partial charge in [-0.2, -0.15) is 10.2 Å². The summed E-state index contributed by atoms with van der Waals surface area (Å²) in [6.45, 7) is 4.59. The molecule has 0 atom stereocenters. The van der Waals surface area contributed by atoms with Crippen LogP contribution in [0.1, 0.15) is 32.7 Å². The fraction of sp³-hybridized carbons (Fsp3) is 0.115. The van der Waals surface area contributed by atoms with Gasteiger partial charge >= 0.3 is 0 Å². The third-order valence-electron chi connectivity index (χ3n) is 4.96. The highest BCUT2D eigenvalue weighted by Crippen LogP contribution is 2.22. The lowest BCUT2D eigenvalue weighted by molar-refractivity contribution is 0.0950. The molecule has 4 aromatic rings. The third-order valence-corrected chi connectivity index (χ3v) is 4.96. The predicted molar refractivity (Wildman–Crippen MR) is 126 cm³/mol. The van der Waals surface area contributed by atoms with Crippen LogP contribution in [-0.4, -0.2) is 22.3 Å². The quantitative estimate of drug-likeness (QED) is 0.322. The van der Waals surface area contributed by atoms with E-state index in [9.17, 15) is 4.79 Å². The van der Waals surface area contributed by atoms with Gasteiger partial charge < -0.3 is 4.74 Å². The molecule has 0 aliphatic carbocycles. The van der Waals surface area contributed by atoms with Crippen molar-refractivity contribution in [1.82, 2.24) is 15.6 Å². The molecule has 0 bridgehead atoms. The van der Waals surface area contributed by atoms with E-state index in [4.69, 9.17) is 4.74 Å². The SMILES string of the molecule is Cc1ccc(/C=N\NC(=O)c2cc(-c3ccc(OCc4ccc(C)cc4)cc3)n[nH]2)cc1. The second-order valence-electron chi connectivity index (χ2n) is 7.58. The van der Waals surface area contributed by atoms with Gasteiger partial charge in [0, 0.05) is 5.56 Å². The molecule has 0 spiro atoms. The molecular weight excluding hydrogens is 400 g/mol. The van der Waals surface area contributed by atoms with Gasteiger partial charge in [0.05, 0.1) is 11.9 Å². The Balaban J connectivity index is 1.33. The van der Waals surface area contributed by atoms with Crippen LogP contribution >= 0.6 is 0 Å². The van der Waals surface area contributed by atoms with Gasteiger partial charge in [-0.25, -0.2) is 5.43 Å². The third kappa shape index (κ3) is 5.49. The predicted octanol–water partition coefficient (Wildman–Crippen LogP) is 5.04. The molecule has 2 N–H and O–H groups in total. The van der Waals surface area contributed by atoms with Crippen molar-refractivity contribution < 1.29 is 9.53 Å². The number of amides is 1. The summed E-state index contributed by atoms with van der Waals surface area (Å²) in [4.78, 5) is 12.3. The fourth-order valence-electron chi connectivity index (χ4n) is 3.04. The minimum atomic E-state index is -0.356.